The number of hydrogen-bond acceptors (Lipinski definition) is 5. The van der Waals surface area contributed by atoms with Gasteiger partial charge in [0.15, 0.2) is 0 Å². The first-order valence-corrected chi connectivity index (χ1v) is 11.0. The lowest BCUT2D eigenvalue weighted by Gasteiger charge is -2.10. The van der Waals surface area contributed by atoms with Gasteiger partial charge in [0.1, 0.15) is 11.5 Å². The van der Waals surface area contributed by atoms with Crippen LogP contribution < -0.4 is 10.1 Å². The molecule has 1 aromatic heterocycles. The van der Waals surface area contributed by atoms with E-state index in [1.54, 1.807) is 23.5 Å². The van der Waals surface area contributed by atoms with Crippen LogP contribution in [0.5, 0.6) is 11.5 Å². The van der Waals surface area contributed by atoms with Gasteiger partial charge in [-0.2, -0.15) is 0 Å². The topological polar surface area (TPSA) is 47.6 Å². The smallest absolute Gasteiger partial charge is 0.337 e. The van der Waals surface area contributed by atoms with E-state index in [-0.39, 0.29) is 5.97 Å². The van der Waals surface area contributed by atoms with Crippen LogP contribution in [0.1, 0.15) is 31.2 Å². The van der Waals surface area contributed by atoms with E-state index in [9.17, 15) is 4.79 Å². The van der Waals surface area contributed by atoms with Gasteiger partial charge in [-0.15, -0.1) is 11.3 Å². The minimum atomic E-state index is -0.314. The third-order valence-electron chi connectivity index (χ3n) is 4.61. The molecule has 0 amide bonds. The van der Waals surface area contributed by atoms with E-state index in [0.717, 1.165) is 41.0 Å². The number of methoxy groups -OCH3 is 1. The maximum atomic E-state index is 11.5. The predicted octanol–water partition coefficient (Wildman–Crippen LogP) is 6.04. The number of carbonyl (C=O) groups excluding carboxylic acids is 1. The summed E-state index contributed by atoms with van der Waals surface area (Å²) < 4.78 is 12.0. The fraction of sp³-hybridized carbons (Fsp3) is 0.261. The average Bonchev–Trinajstić information content (AvgIpc) is 2.99. The normalized spacial score (nSPS) is 10.8. The molecule has 3 rings (SSSR count). The molecule has 3 aromatic rings. The lowest BCUT2D eigenvalue weighted by Crippen LogP contribution is -2.17. The fourth-order valence-electron chi connectivity index (χ4n) is 3.08. The van der Waals surface area contributed by atoms with Crippen molar-refractivity contribution in [2.45, 2.75) is 26.8 Å². The molecular formula is C23H24BrNO3S. The molecule has 0 aliphatic rings. The van der Waals surface area contributed by atoms with Crippen molar-refractivity contribution in [2.24, 2.45) is 0 Å². The zero-order chi connectivity index (χ0) is 20.8. The van der Waals surface area contributed by atoms with E-state index >= 15 is 0 Å². The molecule has 0 fully saturated rings. The largest absolute Gasteiger partial charge is 0.465 e. The molecule has 0 saturated heterocycles. The lowest BCUT2D eigenvalue weighted by atomic mass is 10.1. The van der Waals surface area contributed by atoms with Crippen molar-refractivity contribution in [1.82, 2.24) is 5.32 Å². The summed E-state index contributed by atoms with van der Waals surface area (Å²) in [6, 6.07) is 15.4. The summed E-state index contributed by atoms with van der Waals surface area (Å²) in [5.74, 6) is 1.50. The summed E-state index contributed by atoms with van der Waals surface area (Å²) in [4.78, 5) is 14.0. The maximum Gasteiger partial charge on any atom is 0.337 e. The molecule has 1 N–H and O–H groups in total. The van der Waals surface area contributed by atoms with Crippen LogP contribution in [0.15, 0.2) is 53.0 Å². The molecule has 0 unspecified atom stereocenters. The SMILES string of the molecule is COC(=O)c1ccc(CNCCc2c(C)sc(C)c2Oc2ccc(Br)cc2)cc1. The Kier molecular flexibility index (Phi) is 7.47. The first-order valence-electron chi connectivity index (χ1n) is 9.38. The highest BCUT2D eigenvalue weighted by Gasteiger charge is 2.15. The molecule has 152 valence electrons. The second-order valence-corrected chi connectivity index (χ2v) is 9.04. The molecule has 0 aliphatic carbocycles. The Labute approximate surface area is 184 Å². The molecule has 2 aromatic carbocycles. The molecule has 0 radical (unpaired) electrons. The van der Waals surface area contributed by atoms with Gasteiger partial charge in [0.25, 0.3) is 0 Å². The average molecular weight is 474 g/mol. The Hall–Kier alpha value is -2.15. The van der Waals surface area contributed by atoms with Crippen LogP contribution in [-0.4, -0.2) is 19.6 Å². The van der Waals surface area contributed by atoms with Gasteiger partial charge in [0, 0.05) is 26.3 Å². The van der Waals surface area contributed by atoms with Crippen LogP contribution in [0, 0.1) is 13.8 Å². The van der Waals surface area contributed by atoms with Crippen molar-refractivity contribution in [3.8, 4) is 11.5 Å². The van der Waals surface area contributed by atoms with Crippen molar-refractivity contribution in [2.75, 3.05) is 13.7 Å². The van der Waals surface area contributed by atoms with Crippen molar-refractivity contribution in [3.05, 3.63) is 79.4 Å². The number of aryl methyl sites for hydroxylation is 2. The van der Waals surface area contributed by atoms with Crippen molar-refractivity contribution in [1.29, 1.82) is 0 Å². The molecule has 0 aliphatic heterocycles. The molecule has 0 saturated carbocycles. The minimum Gasteiger partial charge on any atom is -0.465 e. The van der Waals surface area contributed by atoms with Crippen LogP contribution in [0.3, 0.4) is 0 Å². The molecule has 0 spiro atoms. The number of esters is 1. The van der Waals surface area contributed by atoms with Crippen molar-refractivity contribution >= 4 is 33.2 Å². The van der Waals surface area contributed by atoms with Crippen LogP contribution in [0.2, 0.25) is 0 Å². The Morgan fingerprint density at radius 2 is 1.72 bits per heavy atom. The Morgan fingerprint density at radius 3 is 2.38 bits per heavy atom. The predicted molar refractivity (Wildman–Crippen MR) is 121 cm³/mol. The number of rotatable bonds is 8. The van der Waals surface area contributed by atoms with Crippen molar-refractivity contribution in [3.63, 3.8) is 0 Å². The molecule has 4 nitrogen and oxygen atoms in total. The zero-order valence-corrected chi connectivity index (χ0v) is 19.2. The van der Waals surface area contributed by atoms with E-state index < -0.39 is 0 Å². The Bertz CT molecular complexity index is 965. The zero-order valence-electron chi connectivity index (χ0n) is 16.8. The van der Waals surface area contributed by atoms with Gasteiger partial charge in [-0.1, -0.05) is 28.1 Å². The summed E-state index contributed by atoms with van der Waals surface area (Å²) in [5.41, 5.74) is 2.95. The van der Waals surface area contributed by atoms with Crippen molar-refractivity contribution < 1.29 is 14.3 Å². The van der Waals surface area contributed by atoms with Gasteiger partial charge in [-0.3, -0.25) is 0 Å². The van der Waals surface area contributed by atoms with Gasteiger partial charge < -0.3 is 14.8 Å². The molecule has 6 heteroatoms. The molecule has 29 heavy (non-hydrogen) atoms. The number of thiophene rings is 1. The Morgan fingerprint density at radius 1 is 1.03 bits per heavy atom. The Balaban J connectivity index is 1.58. The van der Waals surface area contributed by atoms with Gasteiger partial charge in [0.2, 0.25) is 0 Å². The summed E-state index contributed by atoms with van der Waals surface area (Å²) in [6.07, 6.45) is 0.891. The standard InChI is InChI=1S/C23H24BrNO3S/c1-15-21(22(16(2)29-15)28-20-10-8-19(24)9-11-20)12-13-25-14-17-4-6-18(7-5-17)23(26)27-3/h4-11,25H,12-14H2,1-3H3. The lowest BCUT2D eigenvalue weighted by molar-refractivity contribution is 0.0600. The van der Waals surface area contributed by atoms with Gasteiger partial charge in [-0.05, 0) is 68.8 Å². The molecule has 0 bridgehead atoms. The van der Waals surface area contributed by atoms with Crippen LogP contribution in [0.25, 0.3) is 0 Å². The summed E-state index contributed by atoms with van der Waals surface area (Å²) in [7, 11) is 1.39. The van der Waals surface area contributed by atoms with Crippen LogP contribution >= 0.6 is 27.3 Å². The molecule has 1 heterocycles. The summed E-state index contributed by atoms with van der Waals surface area (Å²) >= 11 is 5.23. The highest BCUT2D eigenvalue weighted by atomic mass is 79.9. The summed E-state index contributed by atoms with van der Waals surface area (Å²) in [6.45, 7) is 5.83. The number of carbonyl (C=O) groups is 1. The third kappa shape index (κ3) is 5.69. The minimum absolute atomic E-state index is 0.314. The number of benzene rings is 2. The summed E-state index contributed by atoms with van der Waals surface area (Å²) in [5, 5.41) is 3.47. The highest BCUT2D eigenvalue weighted by molar-refractivity contribution is 9.10. The van der Waals surface area contributed by atoms with Gasteiger partial charge in [-0.25, -0.2) is 4.79 Å². The number of ether oxygens (including phenoxy) is 2. The molecule has 0 atom stereocenters. The van der Waals surface area contributed by atoms with Crippen LogP contribution in [-0.2, 0) is 17.7 Å². The van der Waals surface area contributed by atoms with Gasteiger partial charge >= 0.3 is 5.97 Å². The third-order valence-corrected chi connectivity index (χ3v) is 6.19. The van der Waals surface area contributed by atoms with E-state index in [0.29, 0.717) is 5.56 Å². The van der Waals surface area contributed by atoms with E-state index in [4.69, 9.17) is 9.47 Å². The number of halogens is 1. The number of hydrogen-bond donors (Lipinski definition) is 1. The van der Waals surface area contributed by atoms with E-state index in [1.807, 2.05) is 36.4 Å². The number of nitrogens with one attached hydrogen (secondary N) is 1. The maximum absolute atomic E-state index is 11.5. The molecular weight excluding hydrogens is 450 g/mol. The second-order valence-electron chi connectivity index (χ2n) is 6.69. The monoisotopic (exact) mass is 473 g/mol. The van der Waals surface area contributed by atoms with Gasteiger partial charge in [0.05, 0.1) is 12.7 Å². The van der Waals surface area contributed by atoms with E-state index in [2.05, 4.69) is 35.1 Å². The fourth-order valence-corrected chi connectivity index (χ4v) is 4.38. The second kappa shape index (κ2) is 10.1. The first-order chi connectivity index (χ1) is 14.0. The quantitative estimate of drug-likeness (QED) is 0.320. The van der Waals surface area contributed by atoms with E-state index in [1.165, 1.54) is 22.4 Å². The first kappa shape index (κ1) is 21.6. The highest BCUT2D eigenvalue weighted by Crippen LogP contribution is 2.37. The van der Waals surface area contributed by atoms with Crippen LogP contribution in [0.4, 0.5) is 0 Å².